The van der Waals surface area contributed by atoms with Crippen molar-refractivity contribution in [3.8, 4) is 5.75 Å². The molecule has 2 rings (SSSR count). The molecule has 1 aromatic heterocycles. The van der Waals surface area contributed by atoms with Crippen molar-refractivity contribution in [3.63, 3.8) is 0 Å². The highest BCUT2D eigenvalue weighted by atomic mass is 28.3. The van der Waals surface area contributed by atoms with Gasteiger partial charge in [-0.25, -0.2) is 4.79 Å². The molecule has 0 saturated heterocycles. The van der Waals surface area contributed by atoms with Crippen LogP contribution in [0.4, 0.5) is 4.79 Å². The number of aliphatic imine (C=N–C) groups is 1. The van der Waals surface area contributed by atoms with Gasteiger partial charge >= 0.3 is 6.09 Å². The highest BCUT2D eigenvalue weighted by Gasteiger charge is 2.14. The third-order valence-electron chi connectivity index (χ3n) is 4.83. The van der Waals surface area contributed by atoms with E-state index in [1.54, 1.807) is 19.3 Å². The molecule has 8 nitrogen and oxygen atoms in total. The zero-order chi connectivity index (χ0) is 23.6. The highest BCUT2D eigenvalue weighted by Crippen LogP contribution is 2.26. The van der Waals surface area contributed by atoms with E-state index < -0.39 is 8.07 Å². The molecule has 0 saturated carbocycles. The number of ether oxygens (including phenoxy) is 3. The summed E-state index contributed by atoms with van der Waals surface area (Å²) < 4.78 is 16.5. The molecule has 0 aliphatic heterocycles. The van der Waals surface area contributed by atoms with Crippen LogP contribution in [0.3, 0.4) is 0 Å². The van der Waals surface area contributed by atoms with E-state index in [-0.39, 0.29) is 6.09 Å². The van der Waals surface area contributed by atoms with E-state index in [2.05, 4.69) is 34.9 Å². The number of hydrogen-bond donors (Lipinski definition) is 3. The lowest BCUT2D eigenvalue weighted by atomic mass is 10.1. The van der Waals surface area contributed by atoms with Gasteiger partial charge in [0.05, 0.1) is 6.61 Å². The number of aromatic nitrogens is 1. The summed E-state index contributed by atoms with van der Waals surface area (Å²) in [5.41, 5.74) is 8.96. The van der Waals surface area contributed by atoms with E-state index in [1.807, 2.05) is 25.1 Å². The number of nitrogens with zero attached hydrogens (tertiary/aromatic N) is 1. The van der Waals surface area contributed by atoms with Gasteiger partial charge in [-0.1, -0.05) is 19.6 Å². The normalized spacial score (nSPS) is 12.3. The lowest BCUT2D eigenvalue weighted by Gasteiger charge is -2.15. The fraction of sp³-hybridized carbons (Fsp3) is 0.478. The van der Waals surface area contributed by atoms with E-state index in [9.17, 15) is 4.79 Å². The van der Waals surface area contributed by atoms with Gasteiger partial charge in [0, 0.05) is 50.6 Å². The van der Waals surface area contributed by atoms with Crippen LogP contribution in [-0.4, -0.2) is 58.8 Å². The molecule has 0 fully saturated rings. The van der Waals surface area contributed by atoms with E-state index in [0.29, 0.717) is 38.7 Å². The van der Waals surface area contributed by atoms with Gasteiger partial charge in [0.15, 0.2) is 5.88 Å². The first kappa shape index (κ1) is 25.3. The number of carbonyl (C=O) groups excluding carboxylic acids is 1. The summed E-state index contributed by atoms with van der Waals surface area (Å²) in [4.78, 5) is 19.1. The van der Waals surface area contributed by atoms with Crippen LogP contribution in [-0.2, 0) is 15.9 Å². The first-order valence-corrected chi connectivity index (χ1v) is 14.6. The number of aryl methyl sites for hydroxylation is 1. The lowest BCUT2D eigenvalue weighted by molar-refractivity contribution is 0.152. The number of rotatable bonds is 12. The third-order valence-corrected chi connectivity index (χ3v) is 6.53. The zero-order valence-electron chi connectivity index (χ0n) is 19.8. The molecular formula is C23H36N4O4Si. The summed E-state index contributed by atoms with van der Waals surface area (Å²) in [6.45, 7) is 10.5. The highest BCUT2D eigenvalue weighted by molar-refractivity contribution is 6.76. The van der Waals surface area contributed by atoms with Crippen LogP contribution in [0.1, 0.15) is 11.3 Å². The standard InChI is InChI=1S/C23H36N4O4Si/c1-17-19(8-11-26-23(28)31-14-15-32(3,4)5)20-16-18(6-7-21(20)27-17)29-12-13-30-22(24)9-10-25-2/h6-7,9-10,16,27H,8,11-15,24H2,1-5H3,(H,26,28). The summed E-state index contributed by atoms with van der Waals surface area (Å²) in [7, 11) is 0.455. The monoisotopic (exact) mass is 460 g/mol. The van der Waals surface area contributed by atoms with Gasteiger partial charge in [0.1, 0.15) is 19.0 Å². The Kier molecular flexibility index (Phi) is 9.64. The number of nitrogens with one attached hydrogen (secondary N) is 2. The molecule has 0 unspecified atom stereocenters. The minimum Gasteiger partial charge on any atom is -0.490 e. The summed E-state index contributed by atoms with van der Waals surface area (Å²) in [6.07, 6.45) is 3.50. The number of aromatic amines is 1. The number of hydrogen-bond acceptors (Lipinski definition) is 6. The number of H-pyrrole nitrogens is 1. The van der Waals surface area contributed by atoms with Crippen molar-refractivity contribution < 1.29 is 19.0 Å². The Morgan fingerprint density at radius 3 is 2.72 bits per heavy atom. The number of nitrogens with two attached hydrogens (primary N) is 1. The first-order valence-electron chi connectivity index (χ1n) is 10.8. The molecule has 1 aromatic carbocycles. The molecule has 0 atom stereocenters. The Bertz CT molecular complexity index is 947. The summed E-state index contributed by atoms with van der Waals surface area (Å²) in [5.74, 6) is 1.04. The number of allylic oxidation sites excluding steroid dienone is 1. The van der Waals surface area contributed by atoms with Crippen LogP contribution in [0.5, 0.6) is 5.75 Å². The molecule has 0 aliphatic rings. The SMILES string of the molecule is CN=CC=C(N)OCCOc1ccc2[nH]c(C)c(CCNC(=O)OCC[Si](C)(C)C)c2c1. The smallest absolute Gasteiger partial charge is 0.407 e. The fourth-order valence-electron chi connectivity index (χ4n) is 3.08. The minimum atomic E-state index is -1.21. The maximum absolute atomic E-state index is 11.9. The van der Waals surface area contributed by atoms with Crippen LogP contribution in [0, 0.1) is 6.92 Å². The fourth-order valence-corrected chi connectivity index (χ4v) is 3.79. The molecule has 2 aromatic rings. The predicted octanol–water partition coefficient (Wildman–Crippen LogP) is 3.98. The number of amides is 1. The average Bonchev–Trinajstić information content (AvgIpc) is 3.03. The second-order valence-electron chi connectivity index (χ2n) is 8.73. The minimum absolute atomic E-state index is 0.296. The third kappa shape index (κ3) is 8.66. The molecule has 0 radical (unpaired) electrons. The Morgan fingerprint density at radius 2 is 2.00 bits per heavy atom. The molecule has 176 valence electrons. The van der Waals surface area contributed by atoms with Crippen molar-refractivity contribution in [2.75, 3.05) is 33.4 Å². The van der Waals surface area contributed by atoms with Crippen LogP contribution in [0.2, 0.25) is 25.7 Å². The van der Waals surface area contributed by atoms with Crippen LogP contribution < -0.4 is 15.8 Å². The van der Waals surface area contributed by atoms with Crippen molar-refractivity contribution in [1.29, 1.82) is 0 Å². The van der Waals surface area contributed by atoms with E-state index in [4.69, 9.17) is 19.9 Å². The van der Waals surface area contributed by atoms with Gasteiger partial charge in [0.2, 0.25) is 0 Å². The van der Waals surface area contributed by atoms with E-state index in [1.165, 1.54) is 0 Å². The number of fused-ring (bicyclic) bond motifs is 1. The second-order valence-corrected chi connectivity index (χ2v) is 14.4. The van der Waals surface area contributed by atoms with Crippen molar-refractivity contribution >= 4 is 31.3 Å². The van der Waals surface area contributed by atoms with Crippen molar-refractivity contribution in [2.45, 2.75) is 39.0 Å². The molecule has 9 heteroatoms. The predicted molar refractivity (Wildman–Crippen MR) is 132 cm³/mol. The average molecular weight is 461 g/mol. The van der Waals surface area contributed by atoms with Gasteiger partial charge in [-0.05, 0) is 43.2 Å². The lowest BCUT2D eigenvalue weighted by Crippen LogP contribution is -2.29. The van der Waals surface area contributed by atoms with Crippen molar-refractivity contribution in [1.82, 2.24) is 10.3 Å². The van der Waals surface area contributed by atoms with Gasteiger partial charge in [-0.2, -0.15) is 0 Å². The molecule has 0 aliphatic carbocycles. The van der Waals surface area contributed by atoms with Crippen molar-refractivity contribution in [2.24, 2.45) is 10.7 Å². The molecule has 4 N–H and O–H groups in total. The summed E-state index contributed by atoms with van der Waals surface area (Å²) in [6, 6.07) is 6.88. The Hall–Kier alpha value is -2.94. The Labute approximate surface area is 191 Å². The summed E-state index contributed by atoms with van der Waals surface area (Å²) in [5, 5.41) is 3.92. The maximum atomic E-state index is 11.9. The first-order chi connectivity index (χ1) is 15.2. The van der Waals surface area contributed by atoms with Crippen LogP contribution in [0.15, 0.2) is 35.2 Å². The molecule has 1 heterocycles. The second kappa shape index (κ2) is 12.2. The molecule has 0 bridgehead atoms. The van der Waals surface area contributed by atoms with Gasteiger partial charge in [-0.15, -0.1) is 0 Å². The van der Waals surface area contributed by atoms with Crippen molar-refractivity contribution in [3.05, 3.63) is 41.4 Å². The maximum Gasteiger partial charge on any atom is 0.407 e. The largest absolute Gasteiger partial charge is 0.490 e. The van der Waals surface area contributed by atoms with Gasteiger partial charge in [0.25, 0.3) is 0 Å². The molecule has 32 heavy (non-hydrogen) atoms. The van der Waals surface area contributed by atoms with E-state index >= 15 is 0 Å². The van der Waals surface area contributed by atoms with Crippen LogP contribution >= 0.6 is 0 Å². The van der Waals surface area contributed by atoms with Gasteiger partial charge in [-0.3, -0.25) is 4.99 Å². The quantitative estimate of drug-likeness (QED) is 0.192. The number of carbonyl (C=O) groups is 1. The molecular weight excluding hydrogens is 424 g/mol. The topological polar surface area (TPSA) is 111 Å². The van der Waals surface area contributed by atoms with Gasteiger partial charge < -0.3 is 30.2 Å². The number of alkyl carbamates (subject to hydrolysis) is 1. The van der Waals surface area contributed by atoms with Crippen LogP contribution in [0.25, 0.3) is 10.9 Å². The summed E-state index contributed by atoms with van der Waals surface area (Å²) >= 11 is 0. The Balaban J connectivity index is 1.87. The Morgan fingerprint density at radius 1 is 1.22 bits per heavy atom. The number of benzene rings is 1. The molecule has 1 amide bonds. The van der Waals surface area contributed by atoms with E-state index in [0.717, 1.165) is 34.0 Å². The zero-order valence-corrected chi connectivity index (χ0v) is 20.8. The molecule has 0 spiro atoms.